The van der Waals surface area contributed by atoms with Crippen molar-refractivity contribution in [2.45, 2.75) is 19.4 Å². The minimum absolute atomic E-state index is 0.0612. The van der Waals surface area contributed by atoms with Gasteiger partial charge in [0.2, 0.25) is 5.91 Å². The van der Waals surface area contributed by atoms with E-state index in [1.807, 2.05) is 18.2 Å². The number of carbonyl (C=O) groups excluding carboxylic acids is 1. The largest absolute Gasteiger partial charge is 0.491 e. The van der Waals surface area contributed by atoms with Gasteiger partial charge in [-0.05, 0) is 30.2 Å². The summed E-state index contributed by atoms with van der Waals surface area (Å²) in [5, 5.41) is 11.6. The van der Waals surface area contributed by atoms with E-state index < -0.39 is 0 Å². The molecule has 0 aliphatic carbocycles. The van der Waals surface area contributed by atoms with Crippen LogP contribution >= 0.6 is 0 Å². The van der Waals surface area contributed by atoms with Crippen LogP contribution < -0.4 is 10.1 Å². The first-order valence-corrected chi connectivity index (χ1v) is 7.52. The lowest BCUT2D eigenvalue weighted by atomic mass is 10.1. The van der Waals surface area contributed by atoms with Gasteiger partial charge in [0.15, 0.2) is 0 Å². The van der Waals surface area contributed by atoms with Crippen LogP contribution in [0.4, 0.5) is 4.39 Å². The average Bonchev–Trinajstić information content (AvgIpc) is 2.57. The molecule has 2 rings (SSSR count). The Bertz CT molecular complexity index is 646. The average molecular weight is 317 g/mol. The van der Waals surface area contributed by atoms with E-state index in [0.717, 1.165) is 11.1 Å². The molecular weight excluding hydrogens is 297 g/mol. The highest BCUT2D eigenvalue weighted by atomic mass is 19.1. The number of ether oxygens (including phenoxy) is 1. The number of hydrogen-bond donors (Lipinski definition) is 2. The van der Waals surface area contributed by atoms with Crippen molar-refractivity contribution in [3.05, 3.63) is 65.5 Å². The molecule has 0 aliphatic heterocycles. The number of rotatable bonds is 8. The summed E-state index contributed by atoms with van der Waals surface area (Å²) in [6.07, 6.45) is 0.787. The molecule has 4 nitrogen and oxygen atoms in total. The van der Waals surface area contributed by atoms with Gasteiger partial charge in [-0.3, -0.25) is 4.79 Å². The molecule has 2 aromatic rings. The lowest BCUT2D eigenvalue weighted by Gasteiger charge is -2.11. The molecule has 0 fully saturated rings. The lowest BCUT2D eigenvalue weighted by Crippen LogP contribution is -2.23. The maximum Gasteiger partial charge on any atom is 0.220 e. The van der Waals surface area contributed by atoms with E-state index >= 15 is 0 Å². The SMILES string of the molecule is O=C(CCc1cccc(F)c1)NCc1ccccc1OCCO. The van der Waals surface area contributed by atoms with E-state index in [9.17, 15) is 9.18 Å². The van der Waals surface area contributed by atoms with Crippen LogP contribution in [-0.4, -0.2) is 24.2 Å². The fraction of sp³-hybridized carbons (Fsp3) is 0.278. The number of aliphatic hydroxyl groups is 1. The first-order valence-electron chi connectivity index (χ1n) is 7.52. The third-order valence-corrected chi connectivity index (χ3v) is 3.33. The minimum Gasteiger partial charge on any atom is -0.491 e. The zero-order valence-electron chi connectivity index (χ0n) is 12.8. The van der Waals surface area contributed by atoms with Crippen LogP contribution in [0.2, 0.25) is 0 Å². The number of nitrogens with one attached hydrogen (secondary N) is 1. The van der Waals surface area contributed by atoms with Crippen LogP contribution in [0.3, 0.4) is 0 Å². The van der Waals surface area contributed by atoms with E-state index in [2.05, 4.69) is 5.32 Å². The molecular formula is C18H20FNO3. The monoisotopic (exact) mass is 317 g/mol. The van der Waals surface area contributed by atoms with Crippen LogP contribution in [0.5, 0.6) is 5.75 Å². The molecule has 5 heteroatoms. The van der Waals surface area contributed by atoms with Crippen LogP contribution in [0.25, 0.3) is 0 Å². The standard InChI is InChI=1S/C18H20FNO3/c19-16-6-3-4-14(12-16)8-9-18(22)20-13-15-5-1-2-7-17(15)23-11-10-21/h1-7,12,21H,8-11,13H2,(H,20,22). The van der Waals surface area contributed by atoms with Gasteiger partial charge < -0.3 is 15.2 Å². The topological polar surface area (TPSA) is 58.6 Å². The molecule has 2 aromatic carbocycles. The molecule has 23 heavy (non-hydrogen) atoms. The van der Waals surface area contributed by atoms with E-state index in [4.69, 9.17) is 9.84 Å². The number of para-hydroxylation sites is 1. The van der Waals surface area contributed by atoms with Gasteiger partial charge in [-0.25, -0.2) is 4.39 Å². The highest BCUT2D eigenvalue weighted by Crippen LogP contribution is 2.17. The van der Waals surface area contributed by atoms with Crippen molar-refractivity contribution in [2.24, 2.45) is 0 Å². The van der Waals surface area contributed by atoms with E-state index in [1.54, 1.807) is 18.2 Å². The van der Waals surface area contributed by atoms with Crippen LogP contribution in [0, 0.1) is 5.82 Å². The first-order chi connectivity index (χ1) is 11.2. The molecule has 0 saturated heterocycles. The van der Waals surface area contributed by atoms with Crippen molar-refractivity contribution >= 4 is 5.91 Å². The molecule has 0 bridgehead atoms. The lowest BCUT2D eigenvalue weighted by molar-refractivity contribution is -0.121. The van der Waals surface area contributed by atoms with Gasteiger partial charge in [0.25, 0.3) is 0 Å². The number of hydrogen-bond acceptors (Lipinski definition) is 3. The summed E-state index contributed by atoms with van der Waals surface area (Å²) < 4.78 is 18.5. The fourth-order valence-corrected chi connectivity index (χ4v) is 2.18. The number of aliphatic hydroxyl groups excluding tert-OH is 1. The van der Waals surface area contributed by atoms with Gasteiger partial charge in [-0.1, -0.05) is 30.3 Å². The Morgan fingerprint density at radius 3 is 2.78 bits per heavy atom. The third kappa shape index (κ3) is 5.71. The molecule has 0 unspecified atom stereocenters. The van der Waals surface area contributed by atoms with Gasteiger partial charge in [-0.15, -0.1) is 0 Å². The van der Waals surface area contributed by atoms with Crippen molar-refractivity contribution < 1.29 is 19.0 Å². The highest BCUT2D eigenvalue weighted by molar-refractivity contribution is 5.76. The van der Waals surface area contributed by atoms with Gasteiger partial charge in [0, 0.05) is 18.5 Å². The molecule has 1 amide bonds. The van der Waals surface area contributed by atoms with Crippen molar-refractivity contribution in [3.8, 4) is 5.75 Å². The van der Waals surface area contributed by atoms with Crippen LogP contribution in [-0.2, 0) is 17.8 Å². The Morgan fingerprint density at radius 1 is 1.17 bits per heavy atom. The Hall–Kier alpha value is -2.40. The molecule has 0 atom stereocenters. The Kier molecular flexibility index (Phi) is 6.56. The summed E-state index contributed by atoms with van der Waals surface area (Å²) >= 11 is 0. The molecule has 0 heterocycles. The van der Waals surface area contributed by atoms with E-state index in [1.165, 1.54) is 12.1 Å². The summed E-state index contributed by atoms with van der Waals surface area (Å²) in [7, 11) is 0. The number of amides is 1. The van der Waals surface area contributed by atoms with Gasteiger partial charge in [0.05, 0.1) is 6.61 Å². The number of aryl methyl sites for hydroxylation is 1. The summed E-state index contributed by atoms with van der Waals surface area (Å²) in [6.45, 7) is 0.502. The summed E-state index contributed by atoms with van der Waals surface area (Å²) in [5.41, 5.74) is 1.65. The molecule has 0 aromatic heterocycles. The van der Waals surface area contributed by atoms with Crippen LogP contribution in [0.15, 0.2) is 48.5 Å². The van der Waals surface area contributed by atoms with Gasteiger partial charge >= 0.3 is 0 Å². The second-order valence-corrected chi connectivity index (χ2v) is 5.09. The highest BCUT2D eigenvalue weighted by Gasteiger charge is 2.06. The molecule has 122 valence electrons. The molecule has 0 aliphatic rings. The minimum atomic E-state index is -0.294. The number of carbonyl (C=O) groups is 1. The molecule has 2 N–H and O–H groups in total. The molecule has 0 spiro atoms. The Balaban J connectivity index is 1.82. The summed E-state index contributed by atoms with van der Waals surface area (Å²) in [6, 6.07) is 13.6. The first kappa shape index (κ1) is 17.0. The third-order valence-electron chi connectivity index (χ3n) is 3.33. The zero-order chi connectivity index (χ0) is 16.5. The summed E-state index contributed by atoms with van der Waals surface area (Å²) in [4.78, 5) is 11.9. The predicted molar refractivity (Wildman–Crippen MR) is 85.6 cm³/mol. The molecule has 0 saturated carbocycles. The van der Waals surface area contributed by atoms with Crippen molar-refractivity contribution in [3.63, 3.8) is 0 Å². The number of halogens is 1. The smallest absolute Gasteiger partial charge is 0.220 e. The van der Waals surface area contributed by atoms with E-state index in [-0.39, 0.29) is 24.9 Å². The quantitative estimate of drug-likeness (QED) is 0.786. The second-order valence-electron chi connectivity index (χ2n) is 5.09. The van der Waals surface area contributed by atoms with Crippen molar-refractivity contribution in [2.75, 3.05) is 13.2 Å². The van der Waals surface area contributed by atoms with E-state index in [0.29, 0.717) is 25.1 Å². The fourth-order valence-electron chi connectivity index (χ4n) is 2.18. The van der Waals surface area contributed by atoms with Gasteiger partial charge in [0.1, 0.15) is 18.2 Å². The summed E-state index contributed by atoms with van der Waals surface area (Å²) in [5.74, 6) is 0.246. The van der Waals surface area contributed by atoms with Crippen molar-refractivity contribution in [1.29, 1.82) is 0 Å². The van der Waals surface area contributed by atoms with Gasteiger partial charge in [-0.2, -0.15) is 0 Å². The zero-order valence-corrected chi connectivity index (χ0v) is 12.8. The second kappa shape index (κ2) is 8.90. The maximum absolute atomic E-state index is 13.1. The van der Waals surface area contributed by atoms with Crippen molar-refractivity contribution in [1.82, 2.24) is 5.32 Å². The molecule has 0 radical (unpaired) electrons. The Morgan fingerprint density at radius 2 is 2.00 bits per heavy atom. The maximum atomic E-state index is 13.1. The predicted octanol–water partition coefficient (Wildman–Crippen LogP) is 2.45. The Labute approximate surface area is 134 Å². The number of benzene rings is 2. The van der Waals surface area contributed by atoms with Crippen LogP contribution in [0.1, 0.15) is 17.5 Å². The normalized spacial score (nSPS) is 10.3.